The standard InChI is InChI=1S/C20H26N2O2S/c1-20(2,3)22(19(23)24)18-9-5-6-15(13-18)10-11-25-14-16-7-4-8-17(21)12-16/h4-9,12-13H,10-11,14,21H2,1-3H3,(H,23,24). The van der Waals surface area contributed by atoms with E-state index in [2.05, 4.69) is 6.07 Å². The van der Waals surface area contributed by atoms with Gasteiger partial charge in [-0.05, 0) is 68.3 Å². The van der Waals surface area contributed by atoms with Crippen LogP contribution >= 0.6 is 11.8 Å². The van der Waals surface area contributed by atoms with Gasteiger partial charge in [-0.15, -0.1) is 0 Å². The molecule has 2 rings (SSSR count). The van der Waals surface area contributed by atoms with Crippen molar-refractivity contribution in [3.63, 3.8) is 0 Å². The third kappa shape index (κ3) is 5.71. The zero-order valence-corrected chi connectivity index (χ0v) is 15.8. The van der Waals surface area contributed by atoms with Crippen LogP contribution in [0.25, 0.3) is 0 Å². The first-order chi connectivity index (χ1) is 11.8. The second kappa shape index (κ2) is 8.30. The lowest BCUT2D eigenvalue weighted by atomic mass is 10.0. The summed E-state index contributed by atoms with van der Waals surface area (Å²) in [5.41, 5.74) is 9.20. The lowest BCUT2D eigenvalue weighted by Gasteiger charge is -2.33. The summed E-state index contributed by atoms with van der Waals surface area (Å²) in [6.07, 6.45) is -0.0287. The number of hydrogen-bond donors (Lipinski definition) is 2. The number of nitrogen functional groups attached to an aromatic ring is 1. The minimum atomic E-state index is -0.930. The molecule has 2 aromatic carbocycles. The van der Waals surface area contributed by atoms with Crippen molar-refractivity contribution in [2.75, 3.05) is 16.4 Å². The van der Waals surface area contributed by atoms with Crippen molar-refractivity contribution in [1.82, 2.24) is 0 Å². The van der Waals surface area contributed by atoms with Gasteiger partial charge in [0.25, 0.3) is 0 Å². The quantitative estimate of drug-likeness (QED) is 0.561. The summed E-state index contributed by atoms with van der Waals surface area (Å²) in [4.78, 5) is 13.0. The molecule has 0 bridgehead atoms. The van der Waals surface area contributed by atoms with Gasteiger partial charge in [-0.3, -0.25) is 4.90 Å². The van der Waals surface area contributed by atoms with E-state index < -0.39 is 11.6 Å². The molecule has 1 amide bonds. The number of carboxylic acid groups (broad SMARTS) is 1. The van der Waals surface area contributed by atoms with Gasteiger partial charge in [-0.25, -0.2) is 4.79 Å². The molecular weight excluding hydrogens is 332 g/mol. The maximum atomic E-state index is 11.6. The largest absolute Gasteiger partial charge is 0.465 e. The fourth-order valence-corrected chi connectivity index (χ4v) is 3.64. The van der Waals surface area contributed by atoms with E-state index in [1.54, 1.807) is 0 Å². The molecule has 0 aromatic heterocycles. The highest BCUT2D eigenvalue weighted by molar-refractivity contribution is 7.98. The second-order valence-electron chi connectivity index (χ2n) is 7.01. The first kappa shape index (κ1) is 19.2. The summed E-state index contributed by atoms with van der Waals surface area (Å²) in [6.45, 7) is 5.69. The van der Waals surface area contributed by atoms with Crippen LogP contribution in [0.15, 0.2) is 48.5 Å². The van der Waals surface area contributed by atoms with Crippen LogP contribution in [0.4, 0.5) is 16.2 Å². The molecule has 4 nitrogen and oxygen atoms in total. The minimum absolute atomic E-state index is 0.480. The van der Waals surface area contributed by atoms with Crippen molar-refractivity contribution in [2.24, 2.45) is 0 Å². The van der Waals surface area contributed by atoms with E-state index in [4.69, 9.17) is 5.73 Å². The molecule has 0 aliphatic carbocycles. The molecule has 134 valence electrons. The van der Waals surface area contributed by atoms with E-state index in [0.29, 0.717) is 0 Å². The number of aryl methyl sites for hydroxylation is 1. The summed E-state index contributed by atoms with van der Waals surface area (Å²) in [5.74, 6) is 1.90. The predicted octanol–water partition coefficient (Wildman–Crippen LogP) is 5.03. The molecule has 25 heavy (non-hydrogen) atoms. The number of benzene rings is 2. The van der Waals surface area contributed by atoms with E-state index >= 15 is 0 Å². The maximum Gasteiger partial charge on any atom is 0.412 e. The molecule has 0 unspecified atom stereocenters. The van der Waals surface area contributed by atoms with Crippen LogP contribution < -0.4 is 10.6 Å². The van der Waals surface area contributed by atoms with Crippen LogP contribution in [-0.2, 0) is 12.2 Å². The summed E-state index contributed by atoms with van der Waals surface area (Å²) < 4.78 is 0. The molecule has 0 aliphatic heterocycles. The molecule has 0 heterocycles. The van der Waals surface area contributed by atoms with E-state index in [-0.39, 0.29) is 0 Å². The van der Waals surface area contributed by atoms with Gasteiger partial charge in [0.05, 0.1) is 0 Å². The summed E-state index contributed by atoms with van der Waals surface area (Å²) in [5, 5.41) is 9.53. The molecule has 0 spiro atoms. The van der Waals surface area contributed by atoms with E-state index in [0.717, 1.165) is 34.9 Å². The minimum Gasteiger partial charge on any atom is -0.465 e. The monoisotopic (exact) mass is 358 g/mol. The topological polar surface area (TPSA) is 66.6 Å². The fraction of sp³-hybridized carbons (Fsp3) is 0.350. The van der Waals surface area contributed by atoms with Crippen LogP contribution in [0, 0.1) is 0 Å². The fourth-order valence-electron chi connectivity index (χ4n) is 2.70. The Balaban J connectivity index is 1.96. The first-order valence-electron chi connectivity index (χ1n) is 8.31. The van der Waals surface area contributed by atoms with Crippen molar-refractivity contribution in [3.05, 3.63) is 59.7 Å². The Labute approximate surface area is 154 Å². The average Bonchev–Trinajstić information content (AvgIpc) is 2.50. The van der Waals surface area contributed by atoms with Gasteiger partial charge < -0.3 is 10.8 Å². The third-order valence-corrected chi connectivity index (χ3v) is 4.82. The Morgan fingerprint density at radius 1 is 1.12 bits per heavy atom. The smallest absolute Gasteiger partial charge is 0.412 e. The molecule has 0 radical (unpaired) electrons. The average molecular weight is 359 g/mol. The number of anilines is 2. The highest BCUT2D eigenvalue weighted by Crippen LogP contribution is 2.25. The first-order valence-corrected chi connectivity index (χ1v) is 9.47. The second-order valence-corrected chi connectivity index (χ2v) is 8.11. The summed E-state index contributed by atoms with van der Waals surface area (Å²) in [6, 6.07) is 15.7. The Morgan fingerprint density at radius 2 is 1.80 bits per heavy atom. The highest BCUT2D eigenvalue weighted by Gasteiger charge is 2.27. The summed E-state index contributed by atoms with van der Waals surface area (Å²) in [7, 11) is 0. The molecule has 5 heteroatoms. The van der Waals surface area contributed by atoms with Gasteiger partial charge in [0.15, 0.2) is 0 Å². The van der Waals surface area contributed by atoms with E-state index in [9.17, 15) is 9.90 Å². The highest BCUT2D eigenvalue weighted by atomic mass is 32.2. The van der Waals surface area contributed by atoms with Crippen LogP contribution in [-0.4, -0.2) is 22.5 Å². The molecule has 0 aliphatic rings. The van der Waals surface area contributed by atoms with Crippen molar-refractivity contribution in [2.45, 2.75) is 38.5 Å². The SMILES string of the molecule is CC(C)(C)N(C(=O)O)c1cccc(CCSCc2cccc(N)c2)c1. The normalized spacial score (nSPS) is 11.3. The molecule has 2 aromatic rings. The number of nitrogens with two attached hydrogens (primary N) is 1. The van der Waals surface area contributed by atoms with Gasteiger partial charge in [-0.1, -0.05) is 24.3 Å². The van der Waals surface area contributed by atoms with E-state index in [1.807, 2.05) is 75.0 Å². The summed E-state index contributed by atoms with van der Waals surface area (Å²) >= 11 is 1.85. The van der Waals surface area contributed by atoms with Crippen molar-refractivity contribution >= 4 is 29.2 Å². The van der Waals surface area contributed by atoms with E-state index in [1.165, 1.54) is 10.5 Å². The zero-order valence-electron chi connectivity index (χ0n) is 15.0. The molecule has 0 saturated heterocycles. The lowest BCUT2D eigenvalue weighted by molar-refractivity contribution is 0.195. The van der Waals surface area contributed by atoms with Gasteiger partial charge >= 0.3 is 6.09 Å². The number of thioether (sulfide) groups is 1. The Morgan fingerprint density at radius 3 is 2.44 bits per heavy atom. The molecular formula is C20H26N2O2S. The van der Waals surface area contributed by atoms with Gasteiger partial charge in [0.1, 0.15) is 0 Å². The Bertz CT molecular complexity index is 726. The third-order valence-electron chi connectivity index (χ3n) is 3.79. The molecule has 0 saturated carbocycles. The molecule has 0 atom stereocenters. The lowest BCUT2D eigenvalue weighted by Crippen LogP contribution is -2.45. The Kier molecular flexibility index (Phi) is 6.37. The van der Waals surface area contributed by atoms with Crippen molar-refractivity contribution < 1.29 is 9.90 Å². The van der Waals surface area contributed by atoms with Crippen LogP contribution in [0.5, 0.6) is 0 Å². The molecule has 3 N–H and O–H groups in total. The van der Waals surface area contributed by atoms with Crippen molar-refractivity contribution in [1.29, 1.82) is 0 Å². The predicted molar refractivity (Wildman–Crippen MR) is 107 cm³/mol. The van der Waals surface area contributed by atoms with Crippen LogP contribution in [0.1, 0.15) is 31.9 Å². The van der Waals surface area contributed by atoms with Gasteiger partial charge in [-0.2, -0.15) is 11.8 Å². The number of hydrogen-bond acceptors (Lipinski definition) is 3. The zero-order chi connectivity index (χ0) is 18.4. The maximum absolute atomic E-state index is 11.6. The van der Waals surface area contributed by atoms with Gasteiger partial charge in [0.2, 0.25) is 0 Å². The van der Waals surface area contributed by atoms with Crippen LogP contribution in [0.2, 0.25) is 0 Å². The Hall–Kier alpha value is -2.14. The number of rotatable bonds is 6. The number of amides is 1. The molecule has 0 fully saturated rings. The number of carbonyl (C=O) groups is 1. The van der Waals surface area contributed by atoms with Crippen LogP contribution in [0.3, 0.4) is 0 Å². The number of nitrogens with zero attached hydrogens (tertiary/aromatic N) is 1. The van der Waals surface area contributed by atoms with Crippen molar-refractivity contribution in [3.8, 4) is 0 Å². The van der Waals surface area contributed by atoms with Gasteiger partial charge in [0, 0.05) is 22.7 Å².